The Morgan fingerprint density at radius 2 is 1.96 bits per heavy atom. The molecule has 1 saturated carbocycles. The molecule has 3 rings (SSSR count). The number of aryl methyl sites for hydroxylation is 1. The molecule has 1 aromatic heterocycles. The van der Waals surface area contributed by atoms with Crippen LogP contribution in [0.4, 0.5) is 4.39 Å². The lowest BCUT2D eigenvalue weighted by Crippen LogP contribution is -2.06. The largest absolute Gasteiger partial charge is 0.441 e. The van der Waals surface area contributed by atoms with Crippen molar-refractivity contribution >= 4 is 19.7 Å². The second-order valence-electron chi connectivity index (χ2n) is 5.87. The molecule has 0 atom stereocenters. The van der Waals surface area contributed by atoms with Gasteiger partial charge in [-0.1, -0.05) is 19.3 Å². The predicted octanol–water partition coefficient (Wildman–Crippen LogP) is 4.76. The van der Waals surface area contributed by atoms with E-state index < -0.39 is 19.8 Å². The van der Waals surface area contributed by atoms with Gasteiger partial charge in [-0.15, -0.1) is 0 Å². The molecule has 7 heteroatoms. The molecule has 1 fully saturated rings. The summed E-state index contributed by atoms with van der Waals surface area (Å²) >= 11 is 0. The molecule has 124 valence electrons. The van der Waals surface area contributed by atoms with E-state index in [-0.39, 0.29) is 0 Å². The molecule has 2 aromatic rings. The van der Waals surface area contributed by atoms with Gasteiger partial charge >= 0.3 is 0 Å². The molecule has 1 aliphatic rings. The maximum Gasteiger partial charge on any atom is 0.264 e. The van der Waals surface area contributed by atoms with Crippen LogP contribution in [0.3, 0.4) is 0 Å². The third-order valence-electron chi connectivity index (χ3n) is 4.21. The Bertz CT molecular complexity index is 826. The van der Waals surface area contributed by atoms with Gasteiger partial charge in [0.2, 0.25) is 0 Å². The van der Waals surface area contributed by atoms with E-state index in [4.69, 9.17) is 15.1 Å². The Balaban J connectivity index is 2.04. The van der Waals surface area contributed by atoms with E-state index in [1.54, 1.807) is 6.92 Å². The molecule has 1 aliphatic carbocycles. The standard InChI is InChI=1S/C16H17ClFNO3S/c1-10-19-15(11-5-3-2-4-6-11)16(22-10)12-7-8-14(13(18)9-12)23(17,20)21/h7-9,11H,2-6H2,1H3. The van der Waals surface area contributed by atoms with Crippen molar-refractivity contribution in [2.45, 2.75) is 49.8 Å². The molecule has 0 spiro atoms. The van der Waals surface area contributed by atoms with Gasteiger partial charge in [0.25, 0.3) is 9.05 Å². The summed E-state index contributed by atoms with van der Waals surface area (Å²) in [5.74, 6) is 0.457. The lowest BCUT2D eigenvalue weighted by Gasteiger charge is -2.20. The Kier molecular flexibility index (Phi) is 4.47. The first-order valence-electron chi connectivity index (χ1n) is 7.58. The zero-order valence-corrected chi connectivity index (χ0v) is 14.3. The van der Waals surface area contributed by atoms with Crippen LogP contribution in [-0.2, 0) is 9.05 Å². The summed E-state index contributed by atoms with van der Waals surface area (Å²) in [5.41, 5.74) is 1.32. The van der Waals surface area contributed by atoms with Gasteiger partial charge in [-0.3, -0.25) is 0 Å². The Morgan fingerprint density at radius 1 is 1.26 bits per heavy atom. The zero-order chi connectivity index (χ0) is 16.6. The van der Waals surface area contributed by atoms with Crippen molar-refractivity contribution in [3.05, 3.63) is 35.6 Å². The van der Waals surface area contributed by atoms with Crippen LogP contribution in [0.25, 0.3) is 11.3 Å². The van der Waals surface area contributed by atoms with E-state index in [0.717, 1.165) is 43.5 Å². The minimum absolute atomic E-state index is 0.302. The van der Waals surface area contributed by atoms with Crippen LogP contribution in [0.1, 0.15) is 49.6 Å². The number of halogens is 2. The van der Waals surface area contributed by atoms with Crippen molar-refractivity contribution in [2.24, 2.45) is 0 Å². The molecule has 0 N–H and O–H groups in total. The maximum absolute atomic E-state index is 14.1. The third-order valence-corrected chi connectivity index (χ3v) is 5.56. The number of rotatable bonds is 3. The number of hydrogen-bond donors (Lipinski definition) is 0. The highest BCUT2D eigenvalue weighted by atomic mass is 35.7. The van der Waals surface area contributed by atoms with Gasteiger partial charge in [-0.05, 0) is 31.0 Å². The van der Waals surface area contributed by atoms with Gasteiger partial charge in [0.05, 0.1) is 5.69 Å². The summed E-state index contributed by atoms with van der Waals surface area (Å²) in [4.78, 5) is 3.95. The van der Waals surface area contributed by atoms with Gasteiger partial charge in [-0.25, -0.2) is 17.8 Å². The predicted molar refractivity (Wildman–Crippen MR) is 85.5 cm³/mol. The van der Waals surface area contributed by atoms with E-state index in [2.05, 4.69) is 4.98 Å². The van der Waals surface area contributed by atoms with Crippen LogP contribution in [-0.4, -0.2) is 13.4 Å². The van der Waals surface area contributed by atoms with Crippen LogP contribution < -0.4 is 0 Å². The van der Waals surface area contributed by atoms with Crippen LogP contribution in [0.15, 0.2) is 27.5 Å². The molecule has 4 nitrogen and oxygen atoms in total. The van der Waals surface area contributed by atoms with Crippen LogP contribution in [0.2, 0.25) is 0 Å². The Hall–Kier alpha value is -1.40. The molecule has 0 saturated heterocycles. The number of hydrogen-bond acceptors (Lipinski definition) is 4. The van der Waals surface area contributed by atoms with Crippen molar-refractivity contribution in [3.8, 4) is 11.3 Å². The first kappa shape index (κ1) is 16.5. The topological polar surface area (TPSA) is 60.2 Å². The van der Waals surface area contributed by atoms with Crippen molar-refractivity contribution < 1.29 is 17.2 Å². The summed E-state index contributed by atoms with van der Waals surface area (Å²) in [6.07, 6.45) is 5.59. The first-order chi connectivity index (χ1) is 10.9. The number of benzene rings is 1. The van der Waals surface area contributed by atoms with E-state index in [1.165, 1.54) is 12.5 Å². The van der Waals surface area contributed by atoms with E-state index >= 15 is 0 Å². The van der Waals surface area contributed by atoms with Crippen LogP contribution in [0.5, 0.6) is 0 Å². The maximum atomic E-state index is 14.1. The van der Waals surface area contributed by atoms with E-state index in [9.17, 15) is 12.8 Å². The fourth-order valence-corrected chi connectivity index (χ4v) is 4.04. The molecule has 0 aliphatic heterocycles. The molecule has 1 aromatic carbocycles. The van der Waals surface area contributed by atoms with Gasteiger partial charge in [0, 0.05) is 29.1 Å². The molecule has 0 unspecified atom stereocenters. The highest BCUT2D eigenvalue weighted by Gasteiger charge is 2.25. The molecule has 0 bridgehead atoms. The first-order valence-corrected chi connectivity index (χ1v) is 9.89. The van der Waals surface area contributed by atoms with Crippen molar-refractivity contribution in [1.29, 1.82) is 0 Å². The van der Waals surface area contributed by atoms with Gasteiger partial charge in [-0.2, -0.15) is 0 Å². The smallest absolute Gasteiger partial charge is 0.264 e. The minimum Gasteiger partial charge on any atom is -0.441 e. The Morgan fingerprint density at radius 3 is 2.57 bits per heavy atom. The molecule has 1 heterocycles. The van der Waals surface area contributed by atoms with Crippen molar-refractivity contribution in [3.63, 3.8) is 0 Å². The van der Waals surface area contributed by atoms with Crippen LogP contribution in [0, 0.1) is 12.7 Å². The normalized spacial score (nSPS) is 16.7. The minimum atomic E-state index is -4.11. The average molecular weight is 358 g/mol. The third kappa shape index (κ3) is 3.43. The fraction of sp³-hybridized carbons (Fsp3) is 0.438. The number of oxazole rings is 1. The summed E-state index contributed by atoms with van der Waals surface area (Å²) in [6.45, 7) is 1.75. The summed E-state index contributed by atoms with van der Waals surface area (Å²) < 4.78 is 42.4. The van der Waals surface area contributed by atoms with E-state index in [0.29, 0.717) is 23.1 Å². The lowest BCUT2D eigenvalue weighted by molar-refractivity contribution is 0.436. The molecular formula is C16H17ClFNO3S. The lowest BCUT2D eigenvalue weighted by atomic mass is 9.85. The molecular weight excluding hydrogens is 341 g/mol. The van der Waals surface area contributed by atoms with Crippen molar-refractivity contribution in [2.75, 3.05) is 0 Å². The summed E-state index contributed by atoms with van der Waals surface area (Å²) in [7, 11) is 1.11. The summed E-state index contributed by atoms with van der Waals surface area (Å²) in [5, 5.41) is 0. The van der Waals surface area contributed by atoms with E-state index in [1.807, 2.05) is 0 Å². The Labute approximate surface area is 139 Å². The summed E-state index contributed by atoms with van der Waals surface area (Å²) in [6, 6.07) is 3.81. The monoisotopic (exact) mass is 357 g/mol. The second-order valence-corrected chi connectivity index (χ2v) is 8.40. The van der Waals surface area contributed by atoms with Gasteiger partial charge in [0.1, 0.15) is 10.7 Å². The second kappa shape index (κ2) is 6.24. The number of nitrogens with zero attached hydrogens (tertiary/aromatic N) is 1. The fourth-order valence-electron chi connectivity index (χ4n) is 3.14. The highest BCUT2D eigenvalue weighted by molar-refractivity contribution is 8.13. The zero-order valence-electron chi connectivity index (χ0n) is 12.7. The van der Waals surface area contributed by atoms with Gasteiger partial charge in [0.15, 0.2) is 11.7 Å². The average Bonchev–Trinajstić information content (AvgIpc) is 2.89. The quantitative estimate of drug-likeness (QED) is 0.743. The highest BCUT2D eigenvalue weighted by Crippen LogP contribution is 2.38. The number of aromatic nitrogens is 1. The van der Waals surface area contributed by atoms with Gasteiger partial charge < -0.3 is 4.42 Å². The molecule has 23 heavy (non-hydrogen) atoms. The molecule has 0 amide bonds. The SMILES string of the molecule is Cc1nc(C2CCCCC2)c(-c2ccc(S(=O)(=O)Cl)c(F)c2)o1. The van der Waals surface area contributed by atoms with Crippen molar-refractivity contribution in [1.82, 2.24) is 4.98 Å². The van der Waals surface area contributed by atoms with Crippen LogP contribution >= 0.6 is 10.7 Å². The molecule has 0 radical (unpaired) electrons.